The van der Waals surface area contributed by atoms with Crippen molar-refractivity contribution in [1.29, 1.82) is 0 Å². The summed E-state index contributed by atoms with van der Waals surface area (Å²) in [6, 6.07) is 79.3. The van der Waals surface area contributed by atoms with E-state index in [2.05, 4.69) is 181 Å². The Morgan fingerprint density at radius 1 is 0.377 bits per heavy atom. The van der Waals surface area contributed by atoms with Crippen molar-refractivity contribution >= 4 is 92.9 Å². The number of aromatic nitrogens is 4. The lowest BCUT2D eigenvalue weighted by Crippen LogP contribution is -2.08. The van der Waals surface area contributed by atoms with Crippen LogP contribution < -0.4 is 0 Å². The third-order valence-electron chi connectivity index (χ3n) is 15.7. The molecule has 0 aliphatic heterocycles. The van der Waals surface area contributed by atoms with Gasteiger partial charge in [-0.25, -0.2) is 4.85 Å². The highest BCUT2D eigenvalue weighted by Gasteiger charge is 2.35. The van der Waals surface area contributed by atoms with E-state index in [1.54, 1.807) is 13.0 Å². The van der Waals surface area contributed by atoms with Gasteiger partial charge in [0.1, 0.15) is 0 Å². The van der Waals surface area contributed by atoms with Crippen LogP contribution in [0.15, 0.2) is 237 Å². The molecule has 8 heteroatoms. The van der Waals surface area contributed by atoms with Gasteiger partial charge in [0.15, 0.2) is 5.69 Å². The van der Waals surface area contributed by atoms with E-state index in [0.717, 1.165) is 116 Å². The van der Waals surface area contributed by atoms with Crippen molar-refractivity contribution in [2.24, 2.45) is 0 Å². The van der Waals surface area contributed by atoms with Crippen molar-refractivity contribution in [3.63, 3.8) is 0 Å². The normalized spacial score (nSPS) is 12.1. The van der Waals surface area contributed by atoms with E-state index < -0.39 is 11.7 Å². The number of hydrogen-bond donors (Lipinski definition) is 0. The lowest BCUT2D eigenvalue weighted by molar-refractivity contribution is -0.137. The number of para-hydroxylation sites is 6. The third-order valence-corrected chi connectivity index (χ3v) is 15.7. The molecule has 0 bridgehead atoms. The predicted octanol–water partition coefficient (Wildman–Crippen LogP) is 19.3. The van der Waals surface area contributed by atoms with Gasteiger partial charge in [0, 0.05) is 71.3 Å². The molecule has 0 spiro atoms. The molecule has 0 aliphatic carbocycles. The van der Waals surface area contributed by atoms with Crippen molar-refractivity contribution in [2.45, 2.75) is 13.1 Å². The quantitative estimate of drug-likeness (QED) is 0.148. The molecular formula is C69H42F3N5. The van der Waals surface area contributed by atoms with Gasteiger partial charge in [0.25, 0.3) is 0 Å². The van der Waals surface area contributed by atoms with E-state index in [1.165, 1.54) is 12.1 Å². The molecule has 0 saturated carbocycles. The van der Waals surface area contributed by atoms with Gasteiger partial charge in [-0.05, 0) is 109 Å². The summed E-state index contributed by atoms with van der Waals surface area (Å²) in [4.78, 5) is 4.02. The first-order valence-electron chi connectivity index (χ1n) is 25.6. The molecule has 15 rings (SSSR count). The summed E-state index contributed by atoms with van der Waals surface area (Å²) in [6.07, 6.45) is -4.62. The highest BCUT2D eigenvalue weighted by atomic mass is 19.4. The molecule has 4 heterocycles. The number of alkyl halides is 3. The number of hydrogen-bond acceptors (Lipinski definition) is 0. The van der Waals surface area contributed by atoms with Gasteiger partial charge in [-0.1, -0.05) is 152 Å². The summed E-state index contributed by atoms with van der Waals surface area (Å²) in [5.41, 5.74) is 13.8. The smallest absolute Gasteiger partial charge is 0.310 e. The van der Waals surface area contributed by atoms with Crippen molar-refractivity contribution in [3.05, 3.63) is 259 Å². The second-order valence-electron chi connectivity index (χ2n) is 19.8. The summed E-state index contributed by atoms with van der Waals surface area (Å²) >= 11 is 0. The number of aryl methyl sites for hydroxylation is 1. The van der Waals surface area contributed by atoms with Gasteiger partial charge >= 0.3 is 6.18 Å². The molecule has 0 amide bonds. The van der Waals surface area contributed by atoms with Crippen molar-refractivity contribution in [1.82, 2.24) is 18.3 Å². The molecular weight excluding hydrogens is 956 g/mol. The molecule has 15 aromatic rings. The van der Waals surface area contributed by atoms with Crippen LogP contribution in [0.2, 0.25) is 0 Å². The topological polar surface area (TPSA) is 24.1 Å². The van der Waals surface area contributed by atoms with Gasteiger partial charge in [-0.3, -0.25) is 0 Å². The Bertz CT molecular complexity index is 4990. The zero-order valence-electron chi connectivity index (χ0n) is 41.4. The average Bonchev–Trinajstić information content (AvgIpc) is 4.31. The van der Waals surface area contributed by atoms with Crippen molar-refractivity contribution in [2.75, 3.05) is 0 Å². The van der Waals surface area contributed by atoms with E-state index in [0.29, 0.717) is 22.4 Å². The molecule has 4 aromatic heterocycles. The van der Waals surface area contributed by atoms with E-state index in [9.17, 15) is 0 Å². The van der Waals surface area contributed by atoms with Crippen molar-refractivity contribution in [3.8, 4) is 45.0 Å². The zero-order valence-corrected chi connectivity index (χ0v) is 41.4. The molecule has 0 radical (unpaired) electrons. The van der Waals surface area contributed by atoms with E-state index in [4.69, 9.17) is 6.57 Å². The second-order valence-corrected chi connectivity index (χ2v) is 19.8. The van der Waals surface area contributed by atoms with E-state index >= 15 is 13.2 Å². The van der Waals surface area contributed by atoms with Gasteiger partial charge in [0.2, 0.25) is 0 Å². The molecule has 364 valence electrons. The Labute approximate surface area is 439 Å². The Balaban J connectivity index is 1.09. The standard InChI is InChI=1S/C69H42F3N5/c1-42-18-17-27-55(69(70,71)72)64(42)43-32-37-60(76-58-30-15-11-25-52(58)65-61(76)38-35-50-47-23-9-13-28-56(47)74(67(50)65)45-19-5-3-6-20-45)54(40-43)49-34-33-44(73-2)41-63(49)77-59-31-16-12-26-53(59)66-62(77)39-36-51-48-24-10-14-29-57(48)75(68(51)66)46-21-7-4-8-22-46/h3-41H,1H3. The van der Waals surface area contributed by atoms with Crippen molar-refractivity contribution < 1.29 is 13.2 Å². The first-order chi connectivity index (χ1) is 37.8. The fourth-order valence-corrected chi connectivity index (χ4v) is 12.6. The SMILES string of the molecule is [C-]#[N+]c1ccc(-c2cc(-c3c(C)cccc3C(F)(F)F)ccc2-n2c3ccccc3c3c2ccc2c4ccccc4n(-c4ccccc4)c23)c(-n2c3ccccc3c3c2ccc2c4ccccc4n(-c4ccccc4)c23)c1. The zero-order chi connectivity index (χ0) is 51.7. The van der Waals surface area contributed by atoms with Crippen LogP contribution in [-0.4, -0.2) is 18.3 Å². The van der Waals surface area contributed by atoms with Crippen LogP contribution in [0.5, 0.6) is 0 Å². The van der Waals surface area contributed by atoms with Crippen LogP contribution in [0.3, 0.4) is 0 Å². The fraction of sp³-hybridized carbons (Fsp3) is 0.0290. The van der Waals surface area contributed by atoms with Crippen LogP contribution in [0.25, 0.3) is 137 Å². The molecule has 11 aromatic carbocycles. The largest absolute Gasteiger partial charge is 0.417 e. The van der Waals surface area contributed by atoms with Gasteiger partial charge < -0.3 is 18.3 Å². The van der Waals surface area contributed by atoms with Crippen LogP contribution in [0.4, 0.5) is 18.9 Å². The highest BCUT2D eigenvalue weighted by molar-refractivity contribution is 6.28. The summed E-state index contributed by atoms with van der Waals surface area (Å²) in [7, 11) is 0. The maximum Gasteiger partial charge on any atom is 0.417 e. The molecule has 5 nitrogen and oxygen atoms in total. The minimum absolute atomic E-state index is 0.122. The van der Waals surface area contributed by atoms with Crippen LogP contribution >= 0.6 is 0 Å². The number of nitrogens with zero attached hydrogens (tertiary/aromatic N) is 5. The Morgan fingerprint density at radius 2 is 0.857 bits per heavy atom. The van der Waals surface area contributed by atoms with Crippen LogP contribution in [0.1, 0.15) is 11.1 Å². The summed E-state index contributed by atoms with van der Waals surface area (Å²) in [6.45, 7) is 10.2. The molecule has 0 unspecified atom stereocenters. The van der Waals surface area contributed by atoms with Crippen LogP contribution in [-0.2, 0) is 6.18 Å². The molecule has 0 aliphatic rings. The monoisotopic (exact) mass is 997 g/mol. The third kappa shape index (κ3) is 6.47. The second kappa shape index (κ2) is 16.7. The highest BCUT2D eigenvalue weighted by Crippen LogP contribution is 2.49. The maximum absolute atomic E-state index is 15.3. The van der Waals surface area contributed by atoms with Gasteiger partial charge in [-0.2, -0.15) is 13.2 Å². The molecule has 0 N–H and O–H groups in total. The van der Waals surface area contributed by atoms with Crippen LogP contribution in [0, 0.1) is 13.5 Å². The summed E-state index contributed by atoms with van der Waals surface area (Å²) in [5.74, 6) is 0. The minimum atomic E-state index is -4.62. The Morgan fingerprint density at radius 3 is 1.38 bits per heavy atom. The predicted molar refractivity (Wildman–Crippen MR) is 311 cm³/mol. The van der Waals surface area contributed by atoms with Gasteiger partial charge in [-0.15, -0.1) is 0 Å². The molecule has 0 saturated heterocycles. The van der Waals surface area contributed by atoms with Gasteiger partial charge in [0.05, 0.1) is 62.0 Å². The fourth-order valence-electron chi connectivity index (χ4n) is 12.6. The lowest BCUT2D eigenvalue weighted by Gasteiger charge is -2.21. The number of benzene rings is 11. The first-order valence-corrected chi connectivity index (χ1v) is 25.6. The Hall–Kier alpha value is -10.1. The molecule has 0 atom stereocenters. The van der Waals surface area contributed by atoms with E-state index in [-0.39, 0.29) is 5.56 Å². The van der Waals surface area contributed by atoms with E-state index in [1.807, 2.05) is 60.7 Å². The minimum Gasteiger partial charge on any atom is -0.310 e. The molecule has 77 heavy (non-hydrogen) atoms. The molecule has 0 fully saturated rings. The number of rotatable bonds is 6. The first kappa shape index (κ1) is 44.4. The summed E-state index contributed by atoms with van der Waals surface area (Å²) in [5, 5.41) is 8.63. The maximum atomic E-state index is 15.3. The average molecular weight is 998 g/mol. The number of fused-ring (bicyclic) bond motifs is 14. The number of halogens is 3. The Kier molecular flexibility index (Phi) is 9.63. The lowest BCUT2D eigenvalue weighted by atomic mass is 9.91. The summed E-state index contributed by atoms with van der Waals surface area (Å²) < 4.78 is 55.0.